The molecule has 0 bridgehead atoms. The first-order chi connectivity index (χ1) is 8.36. The van der Waals surface area contributed by atoms with Crippen LogP contribution >= 0.6 is 0 Å². The van der Waals surface area contributed by atoms with Crippen molar-refractivity contribution in [2.24, 2.45) is 0 Å². The summed E-state index contributed by atoms with van der Waals surface area (Å²) in [4.78, 5) is -0.632. The van der Waals surface area contributed by atoms with Crippen molar-refractivity contribution in [1.82, 2.24) is 4.72 Å². The molecule has 0 radical (unpaired) electrons. The van der Waals surface area contributed by atoms with E-state index in [-0.39, 0.29) is 6.54 Å². The van der Waals surface area contributed by atoms with Gasteiger partial charge in [-0.05, 0) is 18.6 Å². The zero-order chi connectivity index (χ0) is 13.8. The largest absolute Gasteiger partial charge is 0.392 e. The van der Waals surface area contributed by atoms with Crippen molar-refractivity contribution in [3.8, 4) is 0 Å². The predicted octanol–water partition coefficient (Wildman–Crippen LogP) is 1.40. The number of aliphatic hydroxyl groups is 1. The van der Waals surface area contributed by atoms with E-state index in [2.05, 4.69) is 4.72 Å². The van der Waals surface area contributed by atoms with Crippen molar-refractivity contribution in [2.45, 2.75) is 30.8 Å². The Hall–Kier alpha value is -1.05. The first-order valence-corrected chi connectivity index (χ1v) is 6.98. The average Bonchev–Trinajstić information content (AvgIpc) is 2.26. The van der Waals surface area contributed by atoms with E-state index in [9.17, 15) is 22.3 Å². The monoisotopic (exact) mass is 279 g/mol. The Kier molecular flexibility index (Phi) is 5.18. The molecule has 4 nitrogen and oxygen atoms in total. The standard InChI is InChI=1S/C11H15F2NO3S/c1-2-3-9(15)7-14-18(16,17)11-5-4-8(12)6-10(11)13/h4-6,9,14-15H,2-3,7H2,1H3. The summed E-state index contributed by atoms with van der Waals surface area (Å²) in [7, 11) is -4.07. The van der Waals surface area contributed by atoms with Gasteiger partial charge in [-0.2, -0.15) is 0 Å². The molecular formula is C11H15F2NO3S. The minimum atomic E-state index is -4.07. The maximum atomic E-state index is 13.3. The van der Waals surface area contributed by atoms with Crippen LogP contribution in [0, 0.1) is 11.6 Å². The van der Waals surface area contributed by atoms with E-state index < -0.39 is 32.7 Å². The van der Waals surface area contributed by atoms with Gasteiger partial charge in [0.1, 0.15) is 16.5 Å². The molecule has 1 unspecified atom stereocenters. The third kappa shape index (κ3) is 4.01. The highest BCUT2D eigenvalue weighted by molar-refractivity contribution is 7.89. The minimum Gasteiger partial charge on any atom is -0.392 e. The van der Waals surface area contributed by atoms with E-state index in [0.29, 0.717) is 18.9 Å². The summed E-state index contributed by atoms with van der Waals surface area (Å²) >= 11 is 0. The van der Waals surface area contributed by atoms with Gasteiger partial charge in [0, 0.05) is 12.6 Å². The van der Waals surface area contributed by atoms with Gasteiger partial charge < -0.3 is 5.11 Å². The Labute approximate surface area is 105 Å². The van der Waals surface area contributed by atoms with Crippen molar-refractivity contribution >= 4 is 10.0 Å². The van der Waals surface area contributed by atoms with Crippen LogP contribution in [0.2, 0.25) is 0 Å². The molecule has 0 aliphatic rings. The summed E-state index contributed by atoms with van der Waals surface area (Å²) in [5, 5.41) is 9.39. The topological polar surface area (TPSA) is 66.4 Å². The second kappa shape index (κ2) is 6.21. The van der Waals surface area contributed by atoms with Gasteiger partial charge in [0.25, 0.3) is 0 Å². The van der Waals surface area contributed by atoms with Gasteiger partial charge in [0.05, 0.1) is 6.10 Å². The van der Waals surface area contributed by atoms with E-state index >= 15 is 0 Å². The maximum absolute atomic E-state index is 13.3. The molecule has 18 heavy (non-hydrogen) atoms. The average molecular weight is 279 g/mol. The molecule has 2 N–H and O–H groups in total. The lowest BCUT2D eigenvalue weighted by atomic mass is 10.2. The highest BCUT2D eigenvalue weighted by Crippen LogP contribution is 2.15. The second-order valence-electron chi connectivity index (χ2n) is 3.87. The highest BCUT2D eigenvalue weighted by Gasteiger charge is 2.20. The van der Waals surface area contributed by atoms with Gasteiger partial charge in [-0.15, -0.1) is 0 Å². The zero-order valence-electron chi connectivity index (χ0n) is 9.86. The quantitative estimate of drug-likeness (QED) is 0.827. The molecule has 0 saturated heterocycles. The normalized spacial score (nSPS) is 13.6. The lowest BCUT2D eigenvalue weighted by Crippen LogP contribution is -2.32. The van der Waals surface area contributed by atoms with Crippen molar-refractivity contribution < 1.29 is 22.3 Å². The van der Waals surface area contributed by atoms with E-state index in [4.69, 9.17) is 0 Å². The third-order valence-corrected chi connectivity index (χ3v) is 3.77. The zero-order valence-corrected chi connectivity index (χ0v) is 10.7. The number of rotatable bonds is 6. The number of halogens is 2. The summed E-state index contributed by atoms with van der Waals surface area (Å²) in [6.45, 7) is 1.64. The van der Waals surface area contributed by atoms with Gasteiger partial charge >= 0.3 is 0 Å². The lowest BCUT2D eigenvalue weighted by Gasteiger charge is -2.11. The molecule has 0 aromatic heterocycles. The summed E-state index contributed by atoms with van der Waals surface area (Å²) in [6.07, 6.45) is 0.315. The fourth-order valence-corrected chi connectivity index (χ4v) is 2.54. The SMILES string of the molecule is CCCC(O)CNS(=O)(=O)c1ccc(F)cc1F. The van der Waals surface area contributed by atoms with Gasteiger partial charge in [0.15, 0.2) is 0 Å². The molecule has 0 aliphatic carbocycles. The van der Waals surface area contributed by atoms with Gasteiger partial charge in [-0.25, -0.2) is 21.9 Å². The van der Waals surface area contributed by atoms with Crippen LogP contribution in [0.1, 0.15) is 19.8 Å². The molecule has 0 spiro atoms. The Morgan fingerprint density at radius 3 is 2.61 bits per heavy atom. The highest BCUT2D eigenvalue weighted by atomic mass is 32.2. The number of hydrogen-bond donors (Lipinski definition) is 2. The summed E-state index contributed by atoms with van der Waals surface area (Å²) < 4.78 is 51.4. The maximum Gasteiger partial charge on any atom is 0.243 e. The van der Waals surface area contributed by atoms with Gasteiger partial charge in [-0.3, -0.25) is 0 Å². The molecule has 0 saturated carbocycles. The Morgan fingerprint density at radius 1 is 1.39 bits per heavy atom. The van der Waals surface area contributed by atoms with E-state index in [1.54, 1.807) is 0 Å². The molecule has 1 rings (SSSR count). The predicted molar refractivity (Wildman–Crippen MR) is 62.5 cm³/mol. The fourth-order valence-electron chi connectivity index (χ4n) is 1.41. The van der Waals surface area contributed by atoms with Crippen molar-refractivity contribution in [2.75, 3.05) is 6.54 Å². The van der Waals surface area contributed by atoms with E-state index in [0.717, 1.165) is 12.1 Å². The molecule has 7 heteroatoms. The molecule has 0 aliphatic heterocycles. The number of benzene rings is 1. The summed E-state index contributed by atoms with van der Waals surface area (Å²) in [5.74, 6) is -2.01. The summed E-state index contributed by atoms with van der Waals surface area (Å²) in [5.41, 5.74) is 0. The molecule has 1 aromatic carbocycles. The molecule has 0 fully saturated rings. The van der Waals surface area contributed by atoms with Crippen LogP contribution in [0.25, 0.3) is 0 Å². The smallest absolute Gasteiger partial charge is 0.243 e. The van der Waals surface area contributed by atoms with Gasteiger partial charge in [-0.1, -0.05) is 13.3 Å². The van der Waals surface area contributed by atoms with Crippen LogP contribution in [0.5, 0.6) is 0 Å². The Balaban J connectivity index is 2.80. The second-order valence-corrected chi connectivity index (χ2v) is 5.60. The number of nitrogens with one attached hydrogen (secondary N) is 1. The van der Waals surface area contributed by atoms with Crippen LogP contribution in [0.3, 0.4) is 0 Å². The number of sulfonamides is 1. The van der Waals surface area contributed by atoms with E-state index in [1.165, 1.54) is 0 Å². The molecule has 0 heterocycles. The molecule has 1 aromatic rings. The van der Waals surface area contributed by atoms with Gasteiger partial charge in [0.2, 0.25) is 10.0 Å². The molecule has 102 valence electrons. The Morgan fingerprint density at radius 2 is 2.06 bits per heavy atom. The Bertz CT molecular complexity index is 505. The van der Waals surface area contributed by atoms with E-state index in [1.807, 2.05) is 6.92 Å². The summed E-state index contributed by atoms with van der Waals surface area (Å²) in [6, 6.07) is 2.20. The van der Waals surface area contributed by atoms with Crippen LogP contribution in [0.15, 0.2) is 23.1 Å². The number of aliphatic hydroxyl groups excluding tert-OH is 1. The van der Waals surface area contributed by atoms with Crippen LogP contribution < -0.4 is 4.72 Å². The molecule has 0 amide bonds. The first-order valence-electron chi connectivity index (χ1n) is 5.49. The van der Waals surface area contributed by atoms with Crippen LogP contribution in [-0.2, 0) is 10.0 Å². The minimum absolute atomic E-state index is 0.201. The lowest BCUT2D eigenvalue weighted by molar-refractivity contribution is 0.167. The van der Waals surface area contributed by atoms with Crippen LogP contribution in [-0.4, -0.2) is 26.2 Å². The van der Waals surface area contributed by atoms with Crippen molar-refractivity contribution in [3.63, 3.8) is 0 Å². The third-order valence-electron chi connectivity index (χ3n) is 2.31. The first kappa shape index (κ1) is 15.0. The number of hydrogen-bond acceptors (Lipinski definition) is 3. The fraction of sp³-hybridized carbons (Fsp3) is 0.455. The van der Waals surface area contributed by atoms with Crippen LogP contribution in [0.4, 0.5) is 8.78 Å². The van der Waals surface area contributed by atoms with Crippen molar-refractivity contribution in [3.05, 3.63) is 29.8 Å². The van der Waals surface area contributed by atoms with Crippen molar-refractivity contribution in [1.29, 1.82) is 0 Å². The molecular weight excluding hydrogens is 264 g/mol. The molecule has 1 atom stereocenters.